The van der Waals surface area contributed by atoms with Gasteiger partial charge in [-0.2, -0.15) is 0 Å². The molecule has 92 valence electrons. The first-order valence-corrected chi connectivity index (χ1v) is 7.16. The van der Waals surface area contributed by atoms with Gasteiger partial charge in [-0.05, 0) is 44.4 Å². The molecule has 0 amide bonds. The van der Waals surface area contributed by atoms with Gasteiger partial charge in [-0.25, -0.2) is 0 Å². The summed E-state index contributed by atoms with van der Waals surface area (Å²) in [5.74, 6) is 1.68. The van der Waals surface area contributed by atoms with Crippen molar-refractivity contribution in [1.29, 1.82) is 0 Å². The molecule has 0 radical (unpaired) electrons. The van der Waals surface area contributed by atoms with E-state index in [1.165, 1.54) is 22.0 Å². The highest BCUT2D eigenvalue weighted by atomic mass is 79.9. The third kappa shape index (κ3) is 1.36. The Morgan fingerprint density at radius 3 is 2.71 bits per heavy atom. The third-order valence-corrected chi connectivity index (χ3v) is 6.09. The van der Waals surface area contributed by atoms with Crippen molar-refractivity contribution in [3.05, 3.63) is 27.7 Å². The molecule has 2 heteroatoms. The monoisotopic (exact) mass is 294 g/mol. The summed E-state index contributed by atoms with van der Waals surface area (Å²) in [5.41, 5.74) is 2.95. The molecule has 1 aromatic carbocycles. The average Bonchev–Trinajstić information content (AvgIpc) is 2.43. The molecule has 17 heavy (non-hydrogen) atoms. The van der Waals surface area contributed by atoms with Crippen LogP contribution in [0.5, 0.6) is 5.75 Å². The smallest absolute Gasteiger partial charge is 0.124 e. The molecule has 1 aliphatic carbocycles. The van der Waals surface area contributed by atoms with Gasteiger partial charge >= 0.3 is 0 Å². The molecule has 1 heterocycles. The maximum atomic E-state index is 6.30. The predicted molar refractivity (Wildman–Crippen MR) is 73.7 cm³/mol. The molecule has 1 fully saturated rings. The van der Waals surface area contributed by atoms with Crippen LogP contribution in [-0.4, -0.2) is 5.60 Å². The van der Waals surface area contributed by atoms with Crippen LogP contribution < -0.4 is 4.74 Å². The molecule has 1 nitrogen and oxygen atoms in total. The summed E-state index contributed by atoms with van der Waals surface area (Å²) >= 11 is 3.65. The minimum absolute atomic E-state index is 0.0298. The van der Waals surface area contributed by atoms with Crippen LogP contribution in [0.1, 0.15) is 44.7 Å². The zero-order chi connectivity index (χ0) is 12.4. The largest absolute Gasteiger partial charge is 0.487 e. The zero-order valence-electron chi connectivity index (χ0n) is 10.9. The molecule has 1 aromatic rings. The van der Waals surface area contributed by atoms with Crippen molar-refractivity contribution in [3.63, 3.8) is 0 Å². The summed E-state index contributed by atoms with van der Waals surface area (Å²) in [6, 6.07) is 4.46. The van der Waals surface area contributed by atoms with Gasteiger partial charge in [0.25, 0.3) is 0 Å². The first-order chi connectivity index (χ1) is 7.87. The van der Waals surface area contributed by atoms with Gasteiger partial charge in [0, 0.05) is 21.4 Å². The van der Waals surface area contributed by atoms with Gasteiger partial charge in [0.15, 0.2) is 0 Å². The molecule has 0 aromatic heterocycles. The van der Waals surface area contributed by atoms with Crippen LogP contribution in [0.2, 0.25) is 0 Å². The van der Waals surface area contributed by atoms with E-state index in [1.807, 2.05) is 0 Å². The predicted octanol–water partition coefficient (Wildman–Crippen LogP) is 4.60. The van der Waals surface area contributed by atoms with Gasteiger partial charge in [0.1, 0.15) is 11.4 Å². The van der Waals surface area contributed by atoms with E-state index in [1.54, 1.807) is 0 Å². The second kappa shape index (κ2) is 3.28. The Morgan fingerprint density at radius 2 is 2.00 bits per heavy atom. The highest BCUT2D eigenvalue weighted by Gasteiger charge is 2.56. The Hall–Kier alpha value is -0.500. The molecular weight excluding hydrogens is 276 g/mol. The van der Waals surface area contributed by atoms with Gasteiger partial charge in [-0.3, -0.25) is 0 Å². The van der Waals surface area contributed by atoms with Crippen LogP contribution in [0.4, 0.5) is 0 Å². The normalized spacial score (nSPS) is 38.8. The quantitative estimate of drug-likeness (QED) is 0.680. The summed E-state index contributed by atoms with van der Waals surface area (Å²) in [7, 11) is 0. The number of rotatable bonds is 0. The molecule has 0 saturated heterocycles. The summed E-state index contributed by atoms with van der Waals surface area (Å²) < 4.78 is 7.50. The number of fused-ring (bicyclic) bond motifs is 4. The van der Waals surface area contributed by atoms with Crippen molar-refractivity contribution in [3.8, 4) is 5.75 Å². The van der Waals surface area contributed by atoms with E-state index in [4.69, 9.17) is 4.74 Å². The summed E-state index contributed by atoms with van der Waals surface area (Å²) in [6.45, 7) is 9.12. The minimum atomic E-state index is 0.0298. The molecule has 1 aliphatic heterocycles. The average molecular weight is 295 g/mol. The van der Waals surface area contributed by atoms with Crippen molar-refractivity contribution in [2.75, 3.05) is 0 Å². The Balaban J connectivity index is 2.25. The lowest BCUT2D eigenvalue weighted by Crippen LogP contribution is -2.45. The van der Waals surface area contributed by atoms with Crippen LogP contribution >= 0.6 is 15.9 Å². The molecule has 2 bridgehead atoms. The van der Waals surface area contributed by atoms with Gasteiger partial charge in [0.05, 0.1) is 0 Å². The molecule has 0 unspecified atom stereocenters. The number of hydrogen-bond donors (Lipinski definition) is 0. The van der Waals surface area contributed by atoms with Crippen molar-refractivity contribution in [2.24, 2.45) is 5.92 Å². The molecule has 1 saturated carbocycles. The van der Waals surface area contributed by atoms with Gasteiger partial charge < -0.3 is 4.74 Å². The molecular formula is C15H19BrO. The van der Waals surface area contributed by atoms with Crippen LogP contribution in [0, 0.1) is 12.8 Å². The second-order valence-electron chi connectivity index (χ2n) is 6.15. The van der Waals surface area contributed by atoms with Crippen LogP contribution in [0.3, 0.4) is 0 Å². The standard InChI is InChI=1S/C15H19BrO/c1-9-7-13-11(8-12(9)16)14(3)5-6-15(4,17-13)10(14)2/h7-8,10H,5-6H2,1-4H3/t10-,14-,15+/m0/s1. The van der Waals surface area contributed by atoms with Crippen LogP contribution in [-0.2, 0) is 5.41 Å². The second-order valence-corrected chi connectivity index (χ2v) is 7.01. The Kier molecular flexibility index (Phi) is 2.24. The minimum Gasteiger partial charge on any atom is -0.487 e. The summed E-state index contributed by atoms with van der Waals surface area (Å²) in [4.78, 5) is 0. The Bertz CT molecular complexity index is 496. The topological polar surface area (TPSA) is 9.23 Å². The Labute approximate surface area is 112 Å². The van der Waals surface area contributed by atoms with Crippen LogP contribution in [0.25, 0.3) is 0 Å². The first kappa shape index (κ1) is 11.6. The van der Waals surface area contributed by atoms with E-state index in [9.17, 15) is 0 Å². The lowest BCUT2D eigenvalue weighted by Gasteiger charge is -2.44. The number of aryl methyl sites for hydroxylation is 1. The van der Waals surface area contributed by atoms with Crippen molar-refractivity contribution in [1.82, 2.24) is 0 Å². The maximum Gasteiger partial charge on any atom is 0.124 e. The van der Waals surface area contributed by atoms with Gasteiger partial charge in [-0.15, -0.1) is 0 Å². The highest BCUT2D eigenvalue weighted by Crippen LogP contribution is 2.58. The molecule has 0 N–H and O–H groups in total. The number of benzene rings is 1. The van der Waals surface area contributed by atoms with E-state index in [0.29, 0.717) is 5.92 Å². The fraction of sp³-hybridized carbons (Fsp3) is 0.600. The fourth-order valence-electron chi connectivity index (χ4n) is 3.56. The first-order valence-electron chi connectivity index (χ1n) is 6.36. The lowest BCUT2D eigenvalue weighted by atomic mass is 9.70. The number of halogens is 1. The van der Waals surface area contributed by atoms with Crippen molar-refractivity contribution < 1.29 is 4.74 Å². The van der Waals surface area contributed by atoms with Gasteiger partial charge in [-0.1, -0.05) is 29.8 Å². The highest BCUT2D eigenvalue weighted by molar-refractivity contribution is 9.10. The molecule has 3 atom stereocenters. The van der Waals surface area contributed by atoms with E-state index >= 15 is 0 Å². The van der Waals surface area contributed by atoms with Gasteiger partial charge in [0.2, 0.25) is 0 Å². The molecule has 2 aliphatic rings. The summed E-state index contributed by atoms with van der Waals surface area (Å²) in [5, 5.41) is 0. The lowest BCUT2D eigenvalue weighted by molar-refractivity contribution is 0.0216. The fourth-order valence-corrected chi connectivity index (χ4v) is 3.90. The van der Waals surface area contributed by atoms with E-state index in [-0.39, 0.29) is 11.0 Å². The van der Waals surface area contributed by atoms with Crippen molar-refractivity contribution >= 4 is 15.9 Å². The summed E-state index contributed by atoms with van der Waals surface area (Å²) in [6.07, 6.45) is 2.39. The van der Waals surface area contributed by atoms with E-state index < -0.39 is 0 Å². The van der Waals surface area contributed by atoms with Crippen molar-refractivity contribution in [2.45, 2.75) is 51.6 Å². The maximum absolute atomic E-state index is 6.30. The van der Waals surface area contributed by atoms with E-state index in [0.717, 1.165) is 12.2 Å². The number of hydrogen-bond acceptors (Lipinski definition) is 1. The Morgan fingerprint density at radius 1 is 1.29 bits per heavy atom. The third-order valence-electron chi connectivity index (χ3n) is 5.23. The number of ether oxygens (including phenoxy) is 1. The SMILES string of the molecule is Cc1cc2c(cc1Br)[C@@]1(C)CC[C@@](C)(O2)[C@H]1C. The van der Waals surface area contributed by atoms with Crippen LogP contribution in [0.15, 0.2) is 16.6 Å². The molecule has 3 rings (SSSR count). The van der Waals surface area contributed by atoms with E-state index in [2.05, 4.69) is 55.8 Å². The molecule has 0 spiro atoms. The zero-order valence-corrected chi connectivity index (χ0v) is 12.5.